The number of anilines is 1. The molecule has 4 rings (SSSR count). The van der Waals surface area contributed by atoms with Crippen LogP contribution in [0.4, 0.5) is 5.69 Å². The van der Waals surface area contributed by atoms with Gasteiger partial charge in [-0.05, 0) is 43.0 Å². The summed E-state index contributed by atoms with van der Waals surface area (Å²) in [5, 5.41) is 3.87. The van der Waals surface area contributed by atoms with Crippen LogP contribution in [0.3, 0.4) is 0 Å². The smallest absolute Gasteiger partial charge is 0.356 e. The maximum Gasteiger partial charge on any atom is 0.356 e. The topological polar surface area (TPSA) is 86.6 Å². The molecule has 1 aromatic heterocycles. The van der Waals surface area contributed by atoms with Gasteiger partial charge < -0.3 is 19.4 Å². The highest BCUT2D eigenvalue weighted by atomic mass is 16.5. The molecule has 1 heterocycles. The Labute approximate surface area is 202 Å². The standard InChI is InChI=1S/C28H26N2O5/c1-4-34-23-17-11-10-16-22(23)29-26(31)18(2)35-28(33)25-24(19-12-6-5-7-13-19)20-14-8-9-15-21(20)27(32)30(25)3/h5-18H,4H2,1-3H3,(H,29,31). The number of aromatic nitrogens is 1. The summed E-state index contributed by atoms with van der Waals surface area (Å²) in [6.45, 7) is 3.77. The van der Waals surface area contributed by atoms with Crippen LogP contribution in [0.2, 0.25) is 0 Å². The molecule has 0 fully saturated rings. The maximum absolute atomic E-state index is 13.4. The van der Waals surface area contributed by atoms with Crippen molar-refractivity contribution >= 4 is 28.3 Å². The van der Waals surface area contributed by atoms with Crippen LogP contribution in [0, 0.1) is 0 Å². The second-order valence-corrected chi connectivity index (χ2v) is 7.97. The van der Waals surface area contributed by atoms with E-state index in [-0.39, 0.29) is 11.3 Å². The number of fused-ring (bicyclic) bond motifs is 1. The highest BCUT2D eigenvalue weighted by Crippen LogP contribution is 2.31. The van der Waals surface area contributed by atoms with Crippen LogP contribution in [-0.2, 0) is 16.6 Å². The molecule has 1 N–H and O–H groups in total. The summed E-state index contributed by atoms with van der Waals surface area (Å²) in [6.07, 6.45) is -1.12. The lowest BCUT2D eigenvalue weighted by atomic mass is 9.97. The predicted octanol–water partition coefficient (Wildman–Crippen LogP) is 4.79. The number of hydrogen-bond acceptors (Lipinski definition) is 5. The number of para-hydroxylation sites is 2. The van der Waals surface area contributed by atoms with Crippen molar-refractivity contribution in [3.63, 3.8) is 0 Å². The Hall–Kier alpha value is -4.39. The number of benzene rings is 3. The molecule has 7 nitrogen and oxygen atoms in total. The van der Waals surface area contributed by atoms with Gasteiger partial charge in [0.05, 0.1) is 12.3 Å². The van der Waals surface area contributed by atoms with E-state index < -0.39 is 18.0 Å². The fourth-order valence-electron chi connectivity index (χ4n) is 3.96. The summed E-state index contributed by atoms with van der Waals surface area (Å²) < 4.78 is 12.4. The molecule has 0 saturated carbocycles. The van der Waals surface area contributed by atoms with E-state index in [1.165, 1.54) is 18.5 Å². The molecule has 1 amide bonds. The molecule has 178 valence electrons. The Morgan fingerprint density at radius 1 is 0.914 bits per heavy atom. The number of hydrogen-bond donors (Lipinski definition) is 1. The van der Waals surface area contributed by atoms with Crippen molar-refractivity contribution in [3.8, 4) is 16.9 Å². The second kappa shape index (κ2) is 10.3. The first-order chi connectivity index (χ1) is 16.9. The van der Waals surface area contributed by atoms with Crippen LogP contribution in [-0.4, -0.2) is 29.2 Å². The lowest BCUT2D eigenvalue weighted by Gasteiger charge is -2.19. The molecule has 3 aromatic carbocycles. The van der Waals surface area contributed by atoms with Crippen LogP contribution in [0.1, 0.15) is 24.3 Å². The van der Waals surface area contributed by atoms with Gasteiger partial charge in [-0.15, -0.1) is 0 Å². The fourth-order valence-corrected chi connectivity index (χ4v) is 3.96. The van der Waals surface area contributed by atoms with Gasteiger partial charge in [0.2, 0.25) is 0 Å². The van der Waals surface area contributed by atoms with E-state index >= 15 is 0 Å². The quantitative estimate of drug-likeness (QED) is 0.393. The molecular weight excluding hydrogens is 444 g/mol. The number of amides is 1. The number of nitrogens with zero attached hydrogens (tertiary/aromatic N) is 1. The third kappa shape index (κ3) is 4.80. The van der Waals surface area contributed by atoms with Crippen LogP contribution >= 0.6 is 0 Å². The lowest BCUT2D eigenvalue weighted by Crippen LogP contribution is -2.33. The van der Waals surface area contributed by atoms with E-state index in [9.17, 15) is 14.4 Å². The number of carbonyl (C=O) groups excluding carboxylic acids is 2. The molecule has 0 aliphatic rings. The van der Waals surface area contributed by atoms with Gasteiger partial charge in [-0.25, -0.2) is 4.79 Å². The lowest BCUT2D eigenvalue weighted by molar-refractivity contribution is -0.123. The highest BCUT2D eigenvalue weighted by molar-refractivity contribution is 6.07. The minimum atomic E-state index is -1.12. The number of rotatable bonds is 7. The Balaban J connectivity index is 1.70. The van der Waals surface area contributed by atoms with E-state index in [2.05, 4.69) is 5.32 Å². The van der Waals surface area contributed by atoms with Gasteiger partial charge >= 0.3 is 5.97 Å². The minimum absolute atomic E-state index is 0.0780. The van der Waals surface area contributed by atoms with Gasteiger partial charge in [0, 0.05) is 18.0 Å². The molecule has 35 heavy (non-hydrogen) atoms. The Morgan fingerprint density at radius 3 is 2.26 bits per heavy atom. The number of esters is 1. The van der Waals surface area contributed by atoms with E-state index in [1.54, 1.807) is 42.5 Å². The molecule has 0 aliphatic carbocycles. The van der Waals surface area contributed by atoms with E-state index in [0.717, 1.165) is 5.56 Å². The minimum Gasteiger partial charge on any atom is -0.492 e. The van der Waals surface area contributed by atoms with Crippen molar-refractivity contribution in [2.45, 2.75) is 20.0 Å². The zero-order chi connectivity index (χ0) is 24.9. The summed E-state index contributed by atoms with van der Waals surface area (Å²) in [5.74, 6) is -0.766. The normalized spacial score (nSPS) is 11.6. The van der Waals surface area contributed by atoms with Crippen LogP contribution in [0.25, 0.3) is 21.9 Å². The zero-order valence-electron chi connectivity index (χ0n) is 19.8. The molecule has 0 spiro atoms. The monoisotopic (exact) mass is 470 g/mol. The second-order valence-electron chi connectivity index (χ2n) is 7.97. The van der Waals surface area contributed by atoms with Gasteiger partial charge in [-0.3, -0.25) is 9.59 Å². The van der Waals surface area contributed by atoms with E-state index in [4.69, 9.17) is 9.47 Å². The van der Waals surface area contributed by atoms with Crippen LogP contribution < -0.4 is 15.6 Å². The largest absolute Gasteiger partial charge is 0.492 e. The van der Waals surface area contributed by atoms with Crippen molar-refractivity contribution in [2.75, 3.05) is 11.9 Å². The fraction of sp³-hybridized carbons (Fsp3) is 0.179. The highest BCUT2D eigenvalue weighted by Gasteiger charge is 2.26. The molecule has 0 saturated heterocycles. The first-order valence-electron chi connectivity index (χ1n) is 11.3. The van der Waals surface area contributed by atoms with Crippen molar-refractivity contribution in [2.24, 2.45) is 7.05 Å². The zero-order valence-corrected chi connectivity index (χ0v) is 19.8. The molecule has 0 radical (unpaired) electrons. The van der Waals surface area contributed by atoms with Crippen LogP contribution in [0.5, 0.6) is 5.75 Å². The van der Waals surface area contributed by atoms with Crippen molar-refractivity contribution in [3.05, 3.63) is 94.9 Å². The molecular formula is C28H26N2O5. The summed E-state index contributed by atoms with van der Waals surface area (Å²) in [7, 11) is 1.53. The number of ether oxygens (including phenoxy) is 2. The first-order valence-corrected chi connectivity index (χ1v) is 11.3. The Morgan fingerprint density at radius 2 is 1.54 bits per heavy atom. The summed E-state index contributed by atoms with van der Waals surface area (Å²) in [5.41, 5.74) is 1.56. The van der Waals surface area contributed by atoms with Gasteiger partial charge in [0.1, 0.15) is 11.4 Å². The summed E-state index contributed by atoms with van der Waals surface area (Å²) in [6, 6.07) is 23.5. The third-order valence-corrected chi connectivity index (χ3v) is 5.66. The first kappa shape index (κ1) is 23.8. The van der Waals surface area contributed by atoms with Gasteiger partial charge in [-0.1, -0.05) is 60.7 Å². The van der Waals surface area contributed by atoms with E-state index in [1.807, 2.05) is 43.3 Å². The molecule has 0 bridgehead atoms. The number of carbonyl (C=O) groups is 2. The SMILES string of the molecule is CCOc1ccccc1NC(=O)C(C)OC(=O)c1c(-c2ccccc2)c2ccccc2c(=O)n1C. The predicted molar refractivity (Wildman–Crippen MR) is 136 cm³/mol. The van der Waals surface area contributed by atoms with Gasteiger partial charge in [0.25, 0.3) is 11.5 Å². The summed E-state index contributed by atoms with van der Waals surface area (Å²) in [4.78, 5) is 39.3. The Kier molecular flexibility index (Phi) is 6.96. The summed E-state index contributed by atoms with van der Waals surface area (Å²) >= 11 is 0. The Bertz CT molecular complexity index is 1440. The van der Waals surface area contributed by atoms with Gasteiger partial charge in [0.15, 0.2) is 6.10 Å². The van der Waals surface area contributed by atoms with Crippen molar-refractivity contribution < 1.29 is 19.1 Å². The molecule has 7 heteroatoms. The average molecular weight is 471 g/mol. The molecule has 0 aliphatic heterocycles. The van der Waals surface area contributed by atoms with Crippen LogP contribution in [0.15, 0.2) is 83.7 Å². The molecule has 4 aromatic rings. The van der Waals surface area contributed by atoms with E-state index in [0.29, 0.717) is 34.4 Å². The third-order valence-electron chi connectivity index (χ3n) is 5.66. The van der Waals surface area contributed by atoms with Crippen molar-refractivity contribution in [1.29, 1.82) is 0 Å². The number of nitrogens with one attached hydrogen (secondary N) is 1. The van der Waals surface area contributed by atoms with Crippen molar-refractivity contribution in [1.82, 2.24) is 4.57 Å². The average Bonchev–Trinajstić information content (AvgIpc) is 2.87. The maximum atomic E-state index is 13.4. The number of pyridine rings is 1. The molecule has 1 unspecified atom stereocenters. The molecule has 1 atom stereocenters. The van der Waals surface area contributed by atoms with Gasteiger partial charge in [-0.2, -0.15) is 0 Å².